The van der Waals surface area contributed by atoms with E-state index in [0.717, 1.165) is 5.70 Å². The van der Waals surface area contributed by atoms with Crippen LogP contribution in [0, 0.1) is 0 Å². The van der Waals surface area contributed by atoms with Crippen molar-refractivity contribution >= 4 is 8.07 Å². The van der Waals surface area contributed by atoms with Crippen molar-refractivity contribution in [1.82, 2.24) is 0 Å². The molecule has 0 unspecified atom stereocenters. The summed E-state index contributed by atoms with van der Waals surface area (Å²) in [7, 11) is -3.11. The second kappa shape index (κ2) is 2.17. The maximum atomic E-state index is 11.8. The molecule has 0 aromatic heterocycles. The Bertz CT molecular complexity index is 114. The van der Waals surface area contributed by atoms with Gasteiger partial charge in [-0.3, -0.25) is 0 Å². The van der Waals surface area contributed by atoms with Crippen LogP contribution in [-0.2, 0) is 0 Å². The van der Waals surface area contributed by atoms with Gasteiger partial charge in [0, 0.05) is 0 Å². The lowest BCUT2D eigenvalue weighted by atomic mass is 11.3. The van der Waals surface area contributed by atoms with Gasteiger partial charge in [-0.2, -0.15) is 13.2 Å². The number of hydrogen-bond donors (Lipinski definition) is 0. The summed E-state index contributed by atoms with van der Waals surface area (Å²) in [6.07, 6.45) is 0. The average Bonchev–Trinajstić information content (AvgIpc) is 1.64. The van der Waals surface area contributed by atoms with Gasteiger partial charge in [0.2, 0.25) is 0 Å². The van der Waals surface area contributed by atoms with Crippen LogP contribution in [-0.4, -0.2) is 13.9 Å². The van der Waals surface area contributed by atoms with E-state index in [2.05, 4.69) is 6.58 Å². The molecular formula is C5H9F3Si. The van der Waals surface area contributed by atoms with Crippen LogP contribution >= 0.6 is 0 Å². The van der Waals surface area contributed by atoms with Crippen LogP contribution in [0.1, 0.15) is 0 Å². The van der Waals surface area contributed by atoms with E-state index in [4.69, 9.17) is 0 Å². The minimum atomic E-state index is -4.03. The van der Waals surface area contributed by atoms with Crippen LogP contribution < -0.4 is 0 Å². The Kier molecular flexibility index (Phi) is 2.11. The zero-order chi connectivity index (χ0) is 7.71. The Hall–Kier alpha value is -0.253. The Balaban J connectivity index is 4.32. The predicted molar refractivity (Wildman–Crippen MR) is 33.7 cm³/mol. The van der Waals surface area contributed by atoms with E-state index in [-0.39, 0.29) is 0 Å². The van der Waals surface area contributed by atoms with Gasteiger partial charge in [0.25, 0.3) is 0 Å². The van der Waals surface area contributed by atoms with Gasteiger partial charge in [0.05, 0.1) is 0 Å². The smallest absolute Gasteiger partial charge is 0.176 e. The second-order valence-corrected chi connectivity index (χ2v) is 6.84. The molecule has 0 aliphatic heterocycles. The molecule has 0 aliphatic rings. The van der Waals surface area contributed by atoms with Gasteiger partial charge < -0.3 is 0 Å². The van der Waals surface area contributed by atoms with E-state index in [1.54, 1.807) is 0 Å². The molecule has 4 heteroatoms. The van der Waals surface area contributed by atoms with Crippen molar-refractivity contribution < 1.29 is 13.2 Å². The van der Waals surface area contributed by atoms with E-state index >= 15 is 0 Å². The van der Waals surface area contributed by atoms with Crippen LogP contribution in [0.2, 0.25) is 13.1 Å². The van der Waals surface area contributed by atoms with Gasteiger partial charge in [-0.15, -0.1) is 6.58 Å². The van der Waals surface area contributed by atoms with Crippen molar-refractivity contribution in [3.8, 4) is 0 Å². The molecule has 0 saturated carbocycles. The van der Waals surface area contributed by atoms with E-state index in [1.807, 2.05) is 0 Å². The Morgan fingerprint density at radius 1 is 1.33 bits per heavy atom. The summed E-state index contributed by atoms with van der Waals surface area (Å²) in [5.41, 5.74) is 1.03. The molecule has 0 nitrogen and oxygen atoms in total. The molecule has 0 amide bonds. The molecule has 0 aromatic carbocycles. The summed E-state index contributed by atoms with van der Waals surface area (Å²) >= 11 is 0. The first-order valence-electron chi connectivity index (χ1n) is 2.51. The molecule has 0 fully saturated rings. The lowest BCUT2D eigenvalue weighted by Crippen LogP contribution is -2.42. The van der Waals surface area contributed by atoms with Crippen molar-refractivity contribution in [3.63, 3.8) is 0 Å². The van der Waals surface area contributed by atoms with E-state index in [1.165, 1.54) is 13.1 Å². The third kappa shape index (κ3) is 1.85. The molecule has 0 rings (SSSR count). The fourth-order valence-corrected chi connectivity index (χ4v) is 0.347. The van der Waals surface area contributed by atoms with Gasteiger partial charge in [0.15, 0.2) is 8.07 Å². The van der Waals surface area contributed by atoms with Crippen molar-refractivity contribution in [2.45, 2.75) is 18.9 Å². The van der Waals surface area contributed by atoms with Gasteiger partial charge in [0.1, 0.15) is 0 Å². The summed E-state index contributed by atoms with van der Waals surface area (Å²) in [5.74, 6) is -4.03. The van der Waals surface area contributed by atoms with Crippen molar-refractivity contribution in [2.75, 3.05) is 0 Å². The third-order valence-electron chi connectivity index (χ3n) is 1.24. The highest BCUT2D eigenvalue weighted by molar-refractivity contribution is 6.83. The molecule has 0 aromatic rings. The van der Waals surface area contributed by atoms with Gasteiger partial charge >= 0.3 is 5.80 Å². The number of halogens is 3. The third-order valence-corrected chi connectivity index (χ3v) is 3.72. The minimum Gasteiger partial charge on any atom is -0.176 e. The molecule has 0 N–H and O–H groups in total. The van der Waals surface area contributed by atoms with E-state index < -0.39 is 13.9 Å². The number of rotatable bonds is 1. The summed E-state index contributed by atoms with van der Waals surface area (Å²) in [4.78, 5) is 0. The maximum Gasteiger partial charge on any atom is 0.365 e. The van der Waals surface area contributed by atoms with Crippen molar-refractivity contribution in [1.29, 1.82) is 0 Å². The first-order chi connectivity index (χ1) is 3.81. The Morgan fingerprint density at radius 3 is 1.67 bits per heavy atom. The molecule has 0 atom stereocenters. The predicted octanol–water partition coefficient (Wildman–Crippen LogP) is 2.52. The normalized spacial score (nSPS) is 13.4. The van der Waals surface area contributed by atoms with E-state index in [9.17, 15) is 13.2 Å². The molecule has 0 aliphatic carbocycles. The van der Waals surface area contributed by atoms with Gasteiger partial charge in [-0.25, -0.2) is 0 Å². The quantitative estimate of drug-likeness (QED) is 0.509. The zero-order valence-electron chi connectivity index (χ0n) is 5.42. The summed E-state index contributed by atoms with van der Waals surface area (Å²) < 4.78 is 35.5. The molecule has 0 spiro atoms. The summed E-state index contributed by atoms with van der Waals surface area (Å²) in [6, 6.07) is 0. The first-order valence-corrected chi connectivity index (χ1v) is 5.59. The highest BCUT2D eigenvalue weighted by Crippen LogP contribution is 2.28. The lowest BCUT2D eigenvalue weighted by Gasteiger charge is -2.20. The van der Waals surface area contributed by atoms with Crippen LogP contribution in [0.3, 0.4) is 0 Å². The van der Waals surface area contributed by atoms with E-state index in [0.29, 0.717) is 0 Å². The second-order valence-electron chi connectivity index (χ2n) is 2.42. The SMILES string of the molecule is C=C[Si](C)(C)C(F)(F)F. The summed E-state index contributed by atoms with van der Waals surface area (Å²) in [5, 5.41) is 0. The summed E-state index contributed by atoms with van der Waals surface area (Å²) in [6.45, 7) is 5.58. The Labute approximate surface area is 53.4 Å². The molecule has 0 saturated heterocycles. The van der Waals surface area contributed by atoms with Crippen LogP contribution in [0.5, 0.6) is 0 Å². The minimum absolute atomic E-state index is 1.03. The number of alkyl halides is 3. The van der Waals surface area contributed by atoms with Crippen molar-refractivity contribution in [3.05, 3.63) is 12.3 Å². The molecule has 0 bridgehead atoms. The largest absolute Gasteiger partial charge is 0.365 e. The van der Waals surface area contributed by atoms with Gasteiger partial charge in [-0.1, -0.05) is 18.8 Å². The number of hydrogen-bond acceptors (Lipinski definition) is 0. The average molecular weight is 154 g/mol. The van der Waals surface area contributed by atoms with Crippen LogP contribution in [0.25, 0.3) is 0 Å². The lowest BCUT2D eigenvalue weighted by molar-refractivity contribution is -0.0542. The monoisotopic (exact) mass is 154 g/mol. The first kappa shape index (κ1) is 8.75. The van der Waals surface area contributed by atoms with Gasteiger partial charge in [-0.05, 0) is 0 Å². The maximum absolute atomic E-state index is 11.8. The fraction of sp³-hybridized carbons (Fsp3) is 0.600. The molecule has 9 heavy (non-hydrogen) atoms. The topological polar surface area (TPSA) is 0 Å². The molecule has 0 heterocycles. The molecular weight excluding hydrogens is 145 g/mol. The zero-order valence-corrected chi connectivity index (χ0v) is 6.42. The fourth-order valence-electron chi connectivity index (χ4n) is 0.116. The molecule has 0 radical (unpaired) electrons. The van der Waals surface area contributed by atoms with Crippen LogP contribution in [0.15, 0.2) is 12.3 Å². The Morgan fingerprint density at radius 2 is 1.67 bits per heavy atom. The standard InChI is InChI=1S/C5H9F3Si/c1-4-9(2,3)5(6,7)8/h4H,1H2,2-3H3. The van der Waals surface area contributed by atoms with Crippen molar-refractivity contribution in [2.24, 2.45) is 0 Å². The van der Waals surface area contributed by atoms with Crippen LogP contribution in [0.4, 0.5) is 13.2 Å². The highest BCUT2D eigenvalue weighted by atomic mass is 28.3. The molecule has 54 valence electrons. The highest BCUT2D eigenvalue weighted by Gasteiger charge is 2.46.